The van der Waals surface area contributed by atoms with E-state index in [1.165, 1.54) is 0 Å². The normalized spacial score (nSPS) is 25.0. The number of nitrogens with zero attached hydrogens (tertiary/aromatic N) is 2. The van der Waals surface area contributed by atoms with Gasteiger partial charge in [0.25, 0.3) is 0 Å². The third-order valence-electron chi connectivity index (χ3n) is 4.21. The third kappa shape index (κ3) is 5.27. The first-order chi connectivity index (χ1) is 10.8. The summed E-state index contributed by atoms with van der Waals surface area (Å²) in [5, 5.41) is 6.04. The van der Waals surface area contributed by atoms with E-state index < -0.39 is 11.7 Å². The molecule has 2 fully saturated rings. The number of carbonyl (C=O) groups excluding carboxylic acids is 1. The number of hydrogen-bond donors (Lipinski definition) is 2. The van der Waals surface area contributed by atoms with E-state index in [0.717, 1.165) is 45.1 Å². The maximum atomic E-state index is 11.6. The lowest BCUT2D eigenvalue weighted by molar-refractivity contribution is 0.0529. The molecule has 0 saturated carbocycles. The minimum Gasteiger partial charge on any atom is -0.444 e. The van der Waals surface area contributed by atoms with Gasteiger partial charge in [0.2, 0.25) is 0 Å². The average molecular weight is 326 g/mol. The van der Waals surface area contributed by atoms with E-state index in [0.29, 0.717) is 18.5 Å². The van der Waals surface area contributed by atoms with E-state index in [1.807, 2.05) is 20.8 Å². The van der Waals surface area contributed by atoms with Crippen molar-refractivity contribution in [2.75, 3.05) is 46.4 Å². The molecule has 0 aliphatic carbocycles. The molecular formula is C16H30N4O3. The van der Waals surface area contributed by atoms with E-state index in [4.69, 9.17) is 9.47 Å². The van der Waals surface area contributed by atoms with Crippen molar-refractivity contribution in [2.24, 2.45) is 10.4 Å². The lowest BCUT2D eigenvalue weighted by Gasteiger charge is -2.25. The summed E-state index contributed by atoms with van der Waals surface area (Å²) in [6.45, 7) is 10.4. The molecule has 1 unspecified atom stereocenters. The standard InChI is InChI=1S/C16H30N4O3/c1-15(2,3)23-14(21)19-8-7-18-13(17-4)20-9-5-16(11-20)6-10-22-12-16/h5-12H2,1-4H3,(H,17,18)(H,19,21). The number of alkyl carbamates (subject to hydrolysis) is 1. The molecule has 7 heteroatoms. The zero-order valence-electron chi connectivity index (χ0n) is 14.8. The summed E-state index contributed by atoms with van der Waals surface area (Å²) >= 11 is 0. The molecule has 1 atom stereocenters. The fourth-order valence-corrected chi connectivity index (χ4v) is 3.07. The number of rotatable bonds is 3. The molecule has 7 nitrogen and oxygen atoms in total. The molecule has 2 N–H and O–H groups in total. The van der Waals surface area contributed by atoms with Gasteiger partial charge in [-0.1, -0.05) is 0 Å². The zero-order valence-corrected chi connectivity index (χ0v) is 14.8. The molecule has 2 heterocycles. The number of ether oxygens (including phenoxy) is 2. The van der Waals surface area contributed by atoms with E-state index in [2.05, 4.69) is 20.5 Å². The summed E-state index contributed by atoms with van der Waals surface area (Å²) in [5.41, 5.74) is -0.160. The van der Waals surface area contributed by atoms with Crippen LogP contribution < -0.4 is 10.6 Å². The van der Waals surface area contributed by atoms with Gasteiger partial charge in [-0.25, -0.2) is 4.79 Å². The van der Waals surface area contributed by atoms with E-state index in [9.17, 15) is 4.79 Å². The molecule has 2 saturated heterocycles. The highest BCUT2D eigenvalue weighted by atomic mass is 16.6. The van der Waals surface area contributed by atoms with Gasteiger partial charge in [0, 0.05) is 45.2 Å². The van der Waals surface area contributed by atoms with E-state index in [1.54, 1.807) is 7.05 Å². The summed E-state index contributed by atoms with van der Waals surface area (Å²) < 4.78 is 10.8. The molecular weight excluding hydrogens is 296 g/mol. The van der Waals surface area contributed by atoms with Crippen molar-refractivity contribution in [3.8, 4) is 0 Å². The fraction of sp³-hybridized carbons (Fsp3) is 0.875. The number of likely N-dealkylation sites (tertiary alicyclic amines) is 1. The summed E-state index contributed by atoms with van der Waals surface area (Å²) in [5.74, 6) is 0.889. The Morgan fingerprint density at radius 1 is 1.30 bits per heavy atom. The maximum absolute atomic E-state index is 11.6. The van der Waals surface area contributed by atoms with Crippen LogP contribution in [0.1, 0.15) is 33.6 Å². The second-order valence-electron chi connectivity index (χ2n) is 7.38. The molecule has 0 aromatic rings. The highest BCUT2D eigenvalue weighted by molar-refractivity contribution is 5.80. The molecule has 0 bridgehead atoms. The van der Waals surface area contributed by atoms with Crippen molar-refractivity contribution < 1.29 is 14.3 Å². The van der Waals surface area contributed by atoms with Crippen LogP contribution in [0.2, 0.25) is 0 Å². The largest absolute Gasteiger partial charge is 0.444 e. The zero-order chi connectivity index (χ0) is 16.9. The quantitative estimate of drug-likeness (QED) is 0.463. The van der Waals surface area contributed by atoms with Crippen LogP contribution >= 0.6 is 0 Å². The van der Waals surface area contributed by atoms with Gasteiger partial charge < -0.3 is 25.0 Å². The summed E-state index contributed by atoms with van der Waals surface area (Å²) in [6.07, 6.45) is 1.90. The number of hydrogen-bond acceptors (Lipinski definition) is 4. The molecule has 1 amide bonds. The Kier molecular flexibility index (Phi) is 5.73. The first-order valence-corrected chi connectivity index (χ1v) is 8.34. The fourth-order valence-electron chi connectivity index (χ4n) is 3.07. The van der Waals surface area contributed by atoms with Crippen LogP contribution in [-0.4, -0.2) is 69.0 Å². The maximum Gasteiger partial charge on any atom is 0.407 e. The summed E-state index contributed by atoms with van der Waals surface area (Å²) in [7, 11) is 1.79. The molecule has 0 radical (unpaired) electrons. The Morgan fingerprint density at radius 3 is 2.65 bits per heavy atom. The van der Waals surface area contributed by atoms with Gasteiger partial charge in [-0.05, 0) is 33.6 Å². The minimum absolute atomic E-state index is 0.312. The summed E-state index contributed by atoms with van der Waals surface area (Å²) in [6, 6.07) is 0. The lowest BCUT2D eigenvalue weighted by atomic mass is 9.87. The molecule has 2 aliphatic heterocycles. The van der Waals surface area contributed by atoms with E-state index in [-0.39, 0.29) is 0 Å². The van der Waals surface area contributed by atoms with Crippen LogP contribution in [0, 0.1) is 5.41 Å². The van der Waals surface area contributed by atoms with Gasteiger partial charge in [0.15, 0.2) is 5.96 Å². The molecule has 23 heavy (non-hydrogen) atoms. The number of aliphatic imine (C=N–C) groups is 1. The molecule has 2 aliphatic rings. The van der Waals surface area contributed by atoms with Crippen LogP contribution in [0.15, 0.2) is 4.99 Å². The minimum atomic E-state index is -0.471. The van der Waals surface area contributed by atoms with Crippen molar-refractivity contribution in [3.05, 3.63) is 0 Å². The Morgan fingerprint density at radius 2 is 2.04 bits per heavy atom. The second-order valence-corrected chi connectivity index (χ2v) is 7.38. The SMILES string of the molecule is CN=C(NCCNC(=O)OC(C)(C)C)N1CCC2(CCOC2)C1. The number of amides is 1. The number of nitrogens with one attached hydrogen (secondary N) is 2. The third-order valence-corrected chi connectivity index (χ3v) is 4.21. The predicted molar refractivity (Wildman–Crippen MR) is 89.7 cm³/mol. The predicted octanol–water partition coefficient (Wildman–Crippen LogP) is 1.20. The average Bonchev–Trinajstić information content (AvgIpc) is 3.08. The Bertz CT molecular complexity index is 439. The van der Waals surface area contributed by atoms with Crippen molar-refractivity contribution in [1.29, 1.82) is 0 Å². The monoisotopic (exact) mass is 326 g/mol. The van der Waals surface area contributed by atoms with Gasteiger partial charge in [-0.2, -0.15) is 0 Å². The number of carbonyl (C=O) groups is 1. The van der Waals surface area contributed by atoms with Gasteiger partial charge in [-0.15, -0.1) is 0 Å². The summed E-state index contributed by atoms with van der Waals surface area (Å²) in [4.78, 5) is 18.2. The Balaban J connectivity index is 1.69. The van der Waals surface area contributed by atoms with Crippen LogP contribution in [-0.2, 0) is 9.47 Å². The molecule has 1 spiro atoms. The second kappa shape index (κ2) is 7.38. The molecule has 2 rings (SSSR count). The van der Waals surface area contributed by atoms with Crippen molar-refractivity contribution in [3.63, 3.8) is 0 Å². The first kappa shape index (κ1) is 17.8. The highest BCUT2D eigenvalue weighted by Crippen LogP contribution is 2.38. The topological polar surface area (TPSA) is 75.2 Å². The van der Waals surface area contributed by atoms with Crippen LogP contribution in [0.3, 0.4) is 0 Å². The van der Waals surface area contributed by atoms with Crippen LogP contribution in [0.4, 0.5) is 4.79 Å². The van der Waals surface area contributed by atoms with Crippen molar-refractivity contribution in [2.45, 2.75) is 39.2 Å². The van der Waals surface area contributed by atoms with Gasteiger partial charge >= 0.3 is 6.09 Å². The first-order valence-electron chi connectivity index (χ1n) is 8.34. The van der Waals surface area contributed by atoms with E-state index >= 15 is 0 Å². The van der Waals surface area contributed by atoms with Gasteiger partial charge in [-0.3, -0.25) is 4.99 Å². The highest BCUT2D eigenvalue weighted by Gasteiger charge is 2.42. The van der Waals surface area contributed by atoms with Gasteiger partial charge in [0.05, 0.1) is 6.61 Å². The smallest absolute Gasteiger partial charge is 0.407 e. The van der Waals surface area contributed by atoms with Gasteiger partial charge in [0.1, 0.15) is 5.60 Å². The Labute approximate surface area is 138 Å². The van der Waals surface area contributed by atoms with Crippen LogP contribution in [0.5, 0.6) is 0 Å². The van der Waals surface area contributed by atoms with Crippen molar-refractivity contribution >= 4 is 12.1 Å². The van der Waals surface area contributed by atoms with Crippen molar-refractivity contribution in [1.82, 2.24) is 15.5 Å². The van der Waals surface area contributed by atoms with Crippen LogP contribution in [0.25, 0.3) is 0 Å². The lowest BCUT2D eigenvalue weighted by Crippen LogP contribution is -2.44. The Hall–Kier alpha value is -1.50. The molecule has 0 aromatic carbocycles. The molecule has 132 valence electrons. The molecule has 0 aromatic heterocycles. The number of guanidine groups is 1.